The molecule has 1 heterocycles. The highest BCUT2D eigenvalue weighted by molar-refractivity contribution is 7.07. The maximum Gasteiger partial charge on any atom is 0.307 e. The van der Waals surface area contributed by atoms with Crippen LogP contribution in [-0.4, -0.2) is 21.9 Å². The maximum absolute atomic E-state index is 13.2. The molecule has 21 heavy (non-hydrogen) atoms. The number of aromatic nitrogens is 1. The smallest absolute Gasteiger partial charge is 0.307 e. The number of hydrogen-bond acceptors (Lipinski definition) is 3. The summed E-state index contributed by atoms with van der Waals surface area (Å²) in [6.45, 7) is 4.53. The summed E-state index contributed by atoms with van der Waals surface area (Å²) in [5, 5.41) is 1.73. The van der Waals surface area contributed by atoms with Crippen molar-refractivity contribution in [3.63, 3.8) is 0 Å². The molecule has 1 aromatic carbocycles. The summed E-state index contributed by atoms with van der Waals surface area (Å²) in [6, 6.07) is 6.19. The van der Waals surface area contributed by atoms with Crippen LogP contribution in [0, 0.1) is 12.7 Å². The van der Waals surface area contributed by atoms with E-state index in [1.165, 1.54) is 16.7 Å². The van der Waals surface area contributed by atoms with Crippen LogP contribution in [0.1, 0.15) is 18.2 Å². The minimum atomic E-state index is -0.319. The fourth-order valence-corrected chi connectivity index (χ4v) is 2.80. The van der Waals surface area contributed by atoms with Gasteiger partial charge in [-0.15, -0.1) is 0 Å². The van der Waals surface area contributed by atoms with Gasteiger partial charge in [0.15, 0.2) is 0 Å². The SMILES string of the molecule is CCN(Cc1cccc(F)c1)C(=O)Cn1c(C)csc1=O. The molecule has 4 nitrogen and oxygen atoms in total. The van der Waals surface area contributed by atoms with Crippen LogP contribution >= 0.6 is 11.3 Å². The van der Waals surface area contributed by atoms with Crippen molar-refractivity contribution in [2.24, 2.45) is 0 Å². The molecule has 0 radical (unpaired) electrons. The largest absolute Gasteiger partial charge is 0.337 e. The third-order valence-corrected chi connectivity index (χ3v) is 4.15. The highest BCUT2D eigenvalue weighted by Crippen LogP contribution is 2.09. The molecule has 1 amide bonds. The van der Waals surface area contributed by atoms with Crippen LogP contribution in [0.3, 0.4) is 0 Å². The topological polar surface area (TPSA) is 42.3 Å². The van der Waals surface area contributed by atoms with Crippen LogP contribution in [0.2, 0.25) is 0 Å². The van der Waals surface area contributed by atoms with Gasteiger partial charge in [0.2, 0.25) is 5.91 Å². The van der Waals surface area contributed by atoms with E-state index in [-0.39, 0.29) is 23.1 Å². The molecule has 2 aromatic rings. The number of thiazole rings is 1. The minimum absolute atomic E-state index is 0.0251. The number of likely N-dealkylation sites (N-methyl/N-ethyl adjacent to an activating group) is 1. The first kappa shape index (κ1) is 15.4. The molecule has 1 aromatic heterocycles. The van der Waals surface area contributed by atoms with Gasteiger partial charge >= 0.3 is 4.87 Å². The first-order chi connectivity index (χ1) is 10.0. The lowest BCUT2D eigenvalue weighted by molar-refractivity contribution is -0.132. The molecule has 0 atom stereocenters. The second-order valence-electron chi connectivity index (χ2n) is 4.77. The summed E-state index contributed by atoms with van der Waals surface area (Å²) in [4.78, 5) is 25.4. The fraction of sp³-hybridized carbons (Fsp3) is 0.333. The fourth-order valence-electron chi connectivity index (χ4n) is 2.06. The first-order valence-electron chi connectivity index (χ1n) is 6.68. The van der Waals surface area contributed by atoms with Gasteiger partial charge in [0, 0.05) is 24.2 Å². The first-order valence-corrected chi connectivity index (χ1v) is 7.56. The molecule has 2 rings (SSSR count). The molecular formula is C15H17FN2O2S. The molecule has 0 spiro atoms. The van der Waals surface area contributed by atoms with Crippen molar-refractivity contribution in [1.29, 1.82) is 0 Å². The zero-order valence-electron chi connectivity index (χ0n) is 12.0. The molecule has 0 bridgehead atoms. The zero-order valence-corrected chi connectivity index (χ0v) is 12.8. The quantitative estimate of drug-likeness (QED) is 0.851. The minimum Gasteiger partial charge on any atom is -0.337 e. The average Bonchev–Trinajstić information content (AvgIpc) is 2.76. The van der Waals surface area contributed by atoms with E-state index in [1.807, 2.05) is 6.92 Å². The van der Waals surface area contributed by atoms with Gasteiger partial charge in [-0.3, -0.25) is 14.2 Å². The van der Waals surface area contributed by atoms with E-state index in [0.29, 0.717) is 13.1 Å². The number of amides is 1. The van der Waals surface area contributed by atoms with Crippen LogP contribution in [-0.2, 0) is 17.9 Å². The summed E-state index contributed by atoms with van der Waals surface area (Å²) in [6.07, 6.45) is 0. The molecule has 0 aliphatic rings. The van der Waals surface area contributed by atoms with E-state index >= 15 is 0 Å². The van der Waals surface area contributed by atoms with Gasteiger partial charge < -0.3 is 4.90 Å². The van der Waals surface area contributed by atoms with E-state index in [0.717, 1.165) is 22.6 Å². The molecule has 6 heteroatoms. The van der Waals surface area contributed by atoms with Gasteiger partial charge in [-0.05, 0) is 31.5 Å². The third kappa shape index (κ3) is 3.78. The van der Waals surface area contributed by atoms with E-state index in [2.05, 4.69) is 0 Å². The number of aryl methyl sites for hydroxylation is 1. The third-order valence-electron chi connectivity index (χ3n) is 3.27. The van der Waals surface area contributed by atoms with E-state index < -0.39 is 0 Å². The van der Waals surface area contributed by atoms with Crippen LogP contribution in [0.15, 0.2) is 34.4 Å². The zero-order chi connectivity index (χ0) is 15.4. The van der Waals surface area contributed by atoms with Gasteiger partial charge in [-0.25, -0.2) is 4.39 Å². The highest BCUT2D eigenvalue weighted by Gasteiger charge is 2.15. The molecule has 0 unspecified atom stereocenters. The van der Waals surface area contributed by atoms with Crippen LogP contribution in [0.5, 0.6) is 0 Å². The van der Waals surface area contributed by atoms with Gasteiger partial charge in [0.25, 0.3) is 0 Å². The summed E-state index contributed by atoms with van der Waals surface area (Å²) in [7, 11) is 0. The molecule has 0 saturated heterocycles. The van der Waals surface area contributed by atoms with Crippen LogP contribution in [0.4, 0.5) is 4.39 Å². The second-order valence-corrected chi connectivity index (χ2v) is 5.59. The lowest BCUT2D eigenvalue weighted by atomic mass is 10.2. The predicted molar refractivity (Wildman–Crippen MR) is 80.8 cm³/mol. The number of carbonyl (C=O) groups excluding carboxylic acids is 1. The monoisotopic (exact) mass is 308 g/mol. The van der Waals surface area contributed by atoms with Crippen molar-refractivity contribution >= 4 is 17.2 Å². The second kappa shape index (κ2) is 6.67. The Balaban J connectivity index is 2.10. The Morgan fingerprint density at radius 3 is 2.76 bits per heavy atom. The molecule has 0 N–H and O–H groups in total. The van der Waals surface area contributed by atoms with Crippen molar-refractivity contribution in [2.75, 3.05) is 6.54 Å². The van der Waals surface area contributed by atoms with Crippen molar-refractivity contribution in [1.82, 2.24) is 9.47 Å². The van der Waals surface area contributed by atoms with E-state index in [1.54, 1.807) is 29.3 Å². The van der Waals surface area contributed by atoms with Crippen LogP contribution < -0.4 is 4.87 Å². The van der Waals surface area contributed by atoms with Gasteiger partial charge in [0.05, 0.1) is 0 Å². The Labute approximate surface area is 126 Å². The molecule has 0 aliphatic carbocycles. The van der Waals surface area contributed by atoms with Crippen molar-refractivity contribution < 1.29 is 9.18 Å². The lowest BCUT2D eigenvalue weighted by Crippen LogP contribution is -2.35. The number of benzene rings is 1. The van der Waals surface area contributed by atoms with Gasteiger partial charge in [0.1, 0.15) is 12.4 Å². The highest BCUT2D eigenvalue weighted by atomic mass is 32.1. The number of nitrogens with zero attached hydrogens (tertiary/aromatic N) is 2. The van der Waals surface area contributed by atoms with Crippen molar-refractivity contribution in [3.8, 4) is 0 Å². The Hall–Kier alpha value is -1.95. The number of halogens is 1. The van der Waals surface area contributed by atoms with Crippen molar-refractivity contribution in [3.05, 3.63) is 56.4 Å². The molecule has 0 fully saturated rings. The summed E-state index contributed by atoms with van der Waals surface area (Å²) < 4.78 is 14.6. The maximum atomic E-state index is 13.2. The Bertz CT molecular complexity index is 693. The number of carbonyl (C=O) groups is 1. The lowest BCUT2D eigenvalue weighted by Gasteiger charge is -2.21. The van der Waals surface area contributed by atoms with E-state index in [4.69, 9.17) is 0 Å². The molecular weight excluding hydrogens is 291 g/mol. The number of rotatable bonds is 5. The Morgan fingerprint density at radius 1 is 1.43 bits per heavy atom. The predicted octanol–water partition coefficient (Wildman–Crippen LogP) is 2.41. The summed E-state index contributed by atoms with van der Waals surface area (Å²) in [5.74, 6) is -0.466. The number of hydrogen-bond donors (Lipinski definition) is 0. The van der Waals surface area contributed by atoms with Gasteiger partial charge in [-0.2, -0.15) is 0 Å². The Morgan fingerprint density at radius 2 is 2.19 bits per heavy atom. The van der Waals surface area contributed by atoms with Crippen LogP contribution in [0.25, 0.3) is 0 Å². The molecule has 0 aliphatic heterocycles. The summed E-state index contributed by atoms with van der Waals surface area (Å²) >= 11 is 1.09. The van der Waals surface area contributed by atoms with E-state index in [9.17, 15) is 14.0 Å². The molecule has 0 saturated carbocycles. The van der Waals surface area contributed by atoms with Crippen molar-refractivity contribution in [2.45, 2.75) is 26.9 Å². The van der Waals surface area contributed by atoms with Gasteiger partial charge in [-0.1, -0.05) is 23.5 Å². The average molecular weight is 308 g/mol. The Kier molecular flexibility index (Phi) is 4.90. The normalized spacial score (nSPS) is 10.6. The summed E-state index contributed by atoms with van der Waals surface area (Å²) in [5.41, 5.74) is 1.51. The molecule has 112 valence electrons. The standard InChI is InChI=1S/C15H17FN2O2S/c1-3-17(8-12-5-4-6-13(16)7-12)14(19)9-18-11(2)10-21-15(18)20/h4-7,10H,3,8-9H2,1-2H3.